The topological polar surface area (TPSA) is 18.5 Å². The van der Waals surface area contributed by atoms with Crippen LogP contribution in [0.15, 0.2) is 23.3 Å². The predicted octanol–water partition coefficient (Wildman–Crippen LogP) is 1.60. The number of methoxy groups -OCH3 is 2. The molecular weight excluding hydrogens is 204 g/mol. The highest BCUT2D eigenvalue weighted by Gasteiger charge is 2.35. The fraction of sp³-hybridized carbons (Fsp3) is 0.667. The van der Waals surface area contributed by atoms with Gasteiger partial charge in [0.25, 0.3) is 0 Å². The Balaban J connectivity index is 2.85. The number of hydrogen-bond acceptors (Lipinski definition) is 2. The molecule has 0 saturated carbocycles. The van der Waals surface area contributed by atoms with Crippen LogP contribution in [-0.4, -0.2) is 29.9 Å². The summed E-state index contributed by atoms with van der Waals surface area (Å²) < 4.78 is 11.1. The largest absolute Gasteiger partial charge is 0.357 e. The second-order valence-electron chi connectivity index (χ2n) is 4.26. The van der Waals surface area contributed by atoms with Gasteiger partial charge in [0, 0.05) is 20.1 Å². The van der Waals surface area contributed by atoms with Gasteiger partial charge in [0.1, 0.15) is 5.41 Å². The van der Waals surface area contributed by atoms with Crippen LogP contribution in [0.2, 0.25) is 0 Å². The van der Waals surface area contributed by atoms with Gasteiger partial charge in [0.15, 0.2) is 0 Å². The van der Waals surface area contributed by atoms with Crippen LogP contribution in [0.5, 0.6) is 0 Å². The van der Waals surface area contributed by atoms with E-state index < -0.39 is 0 Å². The monoisotopic (exact) mass is 226 g/mol. The molecule has 0 radical (unpaired) electrons. The van der Waals surface area contributed by atoms with Gasteiger partial charge < -0.3 is 9.47 Å². The number of hydrogen-bond donors (Lipinski definition) is 0. The Kier molecular flexibility index (Phi) is 4.31. The van der Waals surface area contributed by atoms with Crippen molar-refractivity contribution in [3.63, 3.8) is 0 Å². The third kappa shape index (κ3) is 2.59. The van der Waals surface area contributed by atoms with Crippen LogP contribution in [0.4, 0.5) is 0 Å². The molecule has 2 nitrogen and oxygen atoms in total. The van der Waals surface area contributed by atoms with E-state index in [1.165, 1.54) is 11.1 Å². The summed E-state index contributed by atoms with van der Waals surface area (Å²) in [7, 11) is 4.37. The Bertz CT molecular complexity index is 277. The lowest BCUT2D eigenvalue weighted by Gasteiger charge is -2.36. The van der Waals surface area contributed by atoms with Gasteiger partial charge in [0.05, 0.1) is 10.2 Å². The van der Waals surface area contributed by atoms with Gasteiger partial charge in [-0.15, -0.1) is 0 Å². The molecule has 0 N–H and O–H groups in total. The summed E-state index contributed by atoms with van der Waals surface area (Å²) >= 11 is 0. The van der Waals surface area contributed by atoms with Crippen molar-refractivity contribution in [2.45, 2.75) is 32.1 Å². The van der Waals surface area contributed by atoms with Gasteiger partial charge >= 0.3 is 0 Å². The van der Waals surface area contributed by atoms with E-state index in [2.05, 4.69) is 26.0 Å². The van der Waals surface area contributed by atoms with E-state index in [9.17, 15) is 0 Å². The first-order valence-electron chi connectivity index (χ1n) is 5.55. The Morgan fingerprint density at radius 3 is 2.40 bits per heavy atom. The van der Waals surface area contributed by atoms with Crippen molar-refractivity contribution in [3.8, 4) is 0 Å². The van der Waals surface area contributed by atoms with Crippen LogP contribution >= 0.6 is 0 Å². The smallest absolute Gasteiger partial charge is 0.147 e. The van der Waals surface area contributed by atoms with Crippen molar-refractivity contribution in [1.82, 2.24) is 0 Å². The fourth-order valence-corrected chi connectivity index (χ4v) is 3.05. The van der Waals surface area contributed by atoms with E-state index >= 15 is 0 Å². The minimum Gasteiger partial charge on any atom is -0.357 e. The van der Waals surface area contributed by atoms with Crippen LogP contribution in [0.25, 0.3) is 0 Å². The summed E-state index contributed by atoms with van der Waals surface area (Å²) in [6.45, 7) is 4.35. The molecule has 0 aliphatic heterocycles. The normalized spacial score (nSPS) is 18.9. The molecule has 1 rings (SSSR count). The Labute approximate surface area is 95.8 Å². The molecule has 15 heavy (non-hydrogen) atoms. The molecule has 0 heterocycles. The average Bonchev–Trinajstić information content (AvgIpc) is 2.65. The SMILES string of the molecule is CCC(C1=CC(C)=CC1)C([SiH3])(OC)OC. The highest BCUT2D eigenvalue weighted by molar-refractivity contribution is 6.13. The van der Waals surface area contributed by atoms with Crippen LogP contribution in [0, 0.1) is 5.92 Å². The third-order valence-corrected chi connectivity index (χ3v) is 4.89. The first-order chi connectivity index (χ1) is 7.07. The van der Waals surface area contributed by atoms with Gasteiger partial charge in [-0.1, -0.05) is 30.2 Å². The van der Waals surface area contributed by atoms with E-state index in [0.29, 0.717) is 5.92 Å². The maximum atomic E-state index is 5.56. The summed E-state index contributed by atoms with van der Waals surface area (Å²) in [5.74, 6) is 0.396. The van der Waals surface area contributed by atoms with E-state index in [-0.39, 0.29) is 5.41 Å². The summed E-state index contributed by atoms with van der Waals surface area (Å²) in [6, 6.07) is 0. The lowest BCUT2D eigenvalue weighted by Crippen LogP contribution is -2.43. The van der Waals surface area contributed by atoms with Gasteiger partial charge in [-0.25, -0.2) is 0 Å². The molecule has 86 valence electrons. The summed E-state index contributed by atoms with van der Waals surface area (Å²) in [5, 5.41) is 0. The predicted molar refractivity (Wildman–Crippen MR) is 66.9 cm³/mol. The Hall–Kier alpha value is -0.383. The summed E-state index contributed by atoms with van der Waals surface area (Å²) in [5.41, 5.74) is 2.45. The highest BCUT2D eigenvalue weighted by Crippen LogP contribution is 2.34. The molecule has 0 bridgehead atoms. The quantitative estimate of drug-likeness (QED) is 0.524. The van der Waals surface area contributed by atoms with E-state index in [1.54, 1.807) is 14.2 Å². The zero-order valence-corrected chi connectivity index (χ0v) is 12.5. The Morgan fingerprint density at radius 1 is 1.47 bits per heavy atom. The molecule has 1 unspecified atom stereocenters. The van der Waals surface area contributed by atoms with E-state index in [0.717, 1.165) is 23.1 Å². The zero-order chi connectivity index (χ0) is 11.5. The molecule has 3 heteroatoms. The van der Waals surface area contributed by atoms with Crippen molar-refractivity contribution in [2.24, 2.45) is 5.92 Å². The van der Waals surface area contributed by atoms with E-state index in [4.69, 9.17) is 9.47 Å². The molecule has 0 spiro atoms. The molecule has 1 atom stereocenters. The number of ether oxygens (including phenoxy) is 2. The second-order valence-corrected chi connectivity index (χ2v) is 5.65. The van der Waals surface area contributed by atoms with Gasteiger partial charge in [-0.3, -0.25) is 0 Å². The van der Waals surface area contributed by atoms with Crippen LogP contribution in [-0.2, 0) is 9.47 Å². The highest BCUT2D eigenvalue weighted by atomic mass is 28.1. The fourth-order valence-electron chi connectivity index (χ4n) is 2.27. The van der Waals surface area contributed by atoms with E-state index in [1.807, 2.05) is 0 Å². The first kappa shape index (κ1) is 12.7. The molecule has 1 aliphatic carbocycles. The lowest BCUT2D eigenvalue weighted by molar-refractivity contribution is -0.169. The molecule has 0 aromatic heterocycles. The van der Waals surface area contributed by atoms with Crippen molar-refractivity contribution >= 4 is 10.2 Å². The molecule has 0 aromatic rings. The van der Waals surface area contributed by atoms with Crippen molar-refractivity contribution in [3.05, 3.63) is 23.3 Å². The number of allylic oxidation sites excluding steroid dienone is 3. The minimum absolute atomic E-state index is 0.362. The molecule has 0 aromatic carbocycles. The summed E-state index contributed by atoms with van der Waals surface area (Å²) in [6.07, 6.45) is 6.67. The molecular formula is C12H22O2Si. The van der Waals surface area contributed by atoms with Gasteiger partial charge in [-0.2, -0.15) is 0 Å². The minimum atomic E-state index is -0.362. The Morgan fingerprint density at radius 2 is 2.07 bits per heavy atom. The van der Waals surface area contributed by atoms with Gasteiger partial charge in [-0.05, 0) is 19.8 Å². The third-order valence-electron chi connectivity index (χ3n) is 3.37. The summed E-state index contributed by atoms with van der Waals surface area (Å²) in [4.78, 5) is 0. The molecule has 1 aliphatic rings. The first-order valence-corrected chi connectivity index (χ1v) is 6.55. The molecule has 0 fully saturated rings. The average molecular weight is 226 g/mol. The maximum Gasteiger partial charge on any atom is 0.147 e. The second kappa shape index (κ2) is 5.10. The van der Waals surface area contributed by atoms with Crippen molar-refractivity contribution < 1.29 is 9.47 Å². The van der Waals surface area contributed by atoms with Crippen LogP contribution in [0.3, 0.4) is 0 Å². The van der Waals surface area contributed by atoms with Gasteiger partial charge in [0.2, 0.25) is 0 Å². The van der Waals surface area contributed by atoms with Crippen molar-refractivity contribution in [1.29, 1.82) is 0 Å². The van der Waals surface area contributed by atoms with Crippen molar-refractivity contribution in [2.75, 3.05) is 14.2 Å². The number of rotatable bonds is 5. The van der Waals surface area contributed by atoms with Crippen LogP contribution < -0.4 is 0 Å². The molecule has 0 saturated heterocycles. The standard InChI is InChI=1S/C12H22O2Si/c1-5-11(12(15,13-3)14-4)10-7-6-9(2)8-10/h6,8,11H,5,7H2,1-4,15H3. The zero-order valence-electron chi connectivity index (χ0n) is 10.5. The molecule has 0 amide bonds. The maximum absolute atomic E-state index is 5.56. The van der Waals surface area contributed by atoms with Crippen LogP contribution in [0.1, 0.15) is 26.7 Å². The lowest BCUT2D eigenvalue weighted by atomic mass is 9.94.